The number of aromatic amines is 1. The van der Waals surface area contributed by atoms with Gasteiger partial charge in [0.2, 0.25) is 5.91 Å². The van der Waals surface area contributed by atoms with E-state index in [1.165, 1.54) is 11.1 Å². The van der Waals surface area contributed by atoms with Crippen molar-refractivity contribution in [3.05, 3.63) is 46.8 Å². The molecule has 138 valence electrons. The zero-order valence-electron chi connectivity index (χ0n) is 15.1. The largest absolute Gasteiger partial charge is 0.481 e. The number of H-pyrrole nitrogens is 1. The van der Waals surface area contributed by atoms with Crippen molar-refractivity contribution in [1.29, 1.82) is 0 Å². The van der Waals surface area contributed by atoms with E-state index in [1.807, 2.05) is 0 Å². The average Bonchev–Trinajstić information content (AvgIpc) is 3.20. The summed E-state index contributed by atoms with van der Waals surface area (Å²) in [7, 11) is 0. The van der Waals surface area contributed by atoms with E-state index in [-0.39, 0.29) is 24.2 Å². The maximum Gasteiger partial charge on any atom is 0.303 e. The van der Waals surface area contributed by atoms with E-state index in [2.05, 4.69) is 47.5 Å². The van der Waals surface area contributed by atoms with E-state index in [0.717, 1.165) is 11.3 Å². The molecule has 2 aromatic rings. The fourth-order valence-corrected chi connectivity index (χ4v) is 3.85. The van der Waals surface area contributed by atoms with Crippen LogP contribution in [-0.4, -0.2) is 50.4 Å². The first-order valence-corrected chi connectivity index (χ1v) is 8.85. The lowest BCUT2D eigenvalue weighted by atomic mass is 9.91. The summed E-state index contributed by atoms with van der Waals surface area (Å²) in [5.41, 5.74) is 4.27. The van der Waals surface area contributed by atoms with Gasteiger partial charge in [-0.3, -0.25) is 9.59 Å². The second kappa shape index (κ2) is 7.68. The van der Waals surface area contributed by atoms with Crippen molar-refractivity contribution in [3.8, 4) is 0 Å². The van der Waals surface area contributed by atoms with Crippen LogP contribution in [0, 0.1) is 19.8 Å². The average molecular weight is 356 g/mol. The van der Waals surface area contributed by atoms with Crippen molar-refractivity contribution >= 4 is 11.9 Å². The summed E-state index contributed by atoms with van der Waals surface area (Å²) in [6.07, 6.45) is 2.76. The first kappa shape index (κ1) is 18.1. The molecule has 0 saturated carbocycles. The van der Waals surface area contributed by atoms with E-state index in [1.54, 1.807) is 11.1 Å². The number of hydrogen-bond acceptors (Lipinski definition) is 4. The quantitative estimate of drug-likeness (QED) is 0.825. The summed E-state index contributed by atoms with van der Waals surface area (Å²) in [4.78, 5) is 25.6. The Hall–Kier alpha value is -2.70. The molecule has 1 amide bonds. The number of carbonyl (C=O) groups excluding carboxylic acids is 1. The summed E-state index contributed by atoms with van der Waals surface area (Å²) in [6.45, 7) is 5.06. The molecule has 1 aliphatic rings. The maximum atomic E-state index is 12.7. The molecule has 1 aromatic heterocycles. The van der Waals surface area contributed by atoms with Crippen LogP contribution < -0.4 is 0 Å². The SMILES string of the molecule is Cc1cc(C)cc(CCC(=O)N2C[C@@H](CC(=O)O)[C@@H](c3cn[nH]n3)C2)c1. The van der Waals surface area contributed by atoms with Crippen LogP contribution in [-0.2, 0) is 16.0 Å². The predicted molar refractivity (Wildman–Crippen MR) is 95.7 cm³/mol. The lowest BCUT2D eigenvalue weighted by molar-refractivity contribution is -0.138. The van der Waals surface area contributed by atoms with Crippen LogP contribution in [0.15, 0.2) is 24.4 Å². The van der Waals surface area contributed by atoms with Gasteiger partial charge in [0, 0.05) is 25.4 Å². The molecule has 7 heteroatoms. The minimum Gasteiger partial charge on any atom is -0.481 e. The Kier molecular flexibility index (Phi) is 5.35. The van der Waals surface area contributed by atoms with Crippen LogP contribution in [0.25, 0.3) is 0 Å². The molecule has 0 aliphatic carbocycles. The third-order valence-electron chi connectivity index (χ3n) is 4.95. The molecule has 0 unspecified atom stereocenters. The number of aryl methyl sites for hydroxylation is 3. The Labute approximate surface area is 152 Å². The lowest BCUT2D eigenvalue weighted by Crippen LogP contribution is -2.29. The van der Waals surface area contributed by atoms with Crippen molar-refractivity contribution in [1.82, 2.24) is 20.3 Å². The molecule has 1 saturated heterocycles. The normalized spacial score (nSPS) is 19.7. The number of aromatic nitrogens is 3. The van der Waals surface area contributed by atoms with E-state index >= 15 is 0 Å². The van der Waals surface area contributed by atoms with Gasteiger partial charge in [-0.25, -0.2) is 0 Å². The zero-order valence-corrected chi connectivity index (χ0v) is 15.1. The molecule has 1 aromatic carbocycles. The molecule has 1 fully saturated rings. The van der Waals surface area contributed by atoms with Crippen molar-refractivity contribution in [2.75, 3.05) is 13.1 Å². The molecule has 7 nitrogen and oxygen atoms in total. The molecule has 1 aliphatic heterocycles. The Morgan fingerprint density at radius 3 is 2.58 bits per heavy atom. The molecule has 0 bridgehead atoms. The molecule has 26 heavy (non-hydrogen) atoms. The number of aliphatic carboxylic acids is 1. The molecule has 0 spiro atoms. The first-order valence-electron chi connectivity index (χ1n) is 8.85. The number of rotatable bonds is 6. The summed E-state index contributed by atoms with van der Waals surface area (Å²) < 4.78 is 0. The van der Waals surface area contributed by atoms with Gasteiger partial charge in [-0.2, -0.15) is 15.4 Å². The van der Waals surface area contributed by atoms with Gasteiger partial charge in [-0.1, -0.05) is 29.3 Å². The second-order valence-corrected chi connectivity index (χ2v) is 7.15. The fourth-order valence-electron chi connectivity index (χ4n) is 3.85. The van der Waals surface area contributed by atoms with Gasteiger partial charge >= 0.3 is 5.97 Å². The zero-order chi connectivity index (χ0) is 18.7. The highest BCUT2D eigenvalue weighted by molar-refractivity contribution is 5.77. The van der Waals surface area contributed by atoms with Gasteiger partial charge in [0.05, 0.1) is 18.3 Å². The van der Waals surface area contributed by atoms with Crippen molar-refractivity contribution < 1.29 is 14.7 Å². The Bertz CT molecular complexity index is 768. The molecular weight excluding hydrogens is 332 g/mol. The van der Waals surface area contributed by atoms with Gasteiger partial charge in [0.1, 0.15) is 0 Å². The number of carboxylic acids is 1. The number of likely N-dealkylation sites (tertiary alicyclic amines) is 1. The Morgan fingerprint density at radius 2 is 1.96 bits per heavy atom. The fraction of sp³-hybridized carbons (Fsp3) is 0.474. The second-order valence-electron chi connectivity index (χ2n) is 7.15. The van der Waals surface area contributed by atoms with E-state index in [4.69, 9.17) is 0 Å². The monoisotopic (exact) mass is 356 g/mol. The number of amides is 1. The topological polar surface area (TPSA) is 99.2 Å². The smallest absolute Gasteiger partial charge is 0.303 e. The molecule has 2 heterocycles. The van der Waals surface area contributed by atoms with Crippen molar-refractivity contribution in [2.24, 2.45) is 5.92 Å². The van der Waals surface area contributed by atoms with Crippen molar-refractivity contribution in [2.45, 2.75) is 39.0 Å². The Balaban J connectivity index is 1.64. The summed E-state index contributed by atoms with van der Waals surface area (Å²) in [5, 5.41) is 19.7. The number of hydrogen-bond donors (Lipinski definition) is 2. The summed E-state index contributed by atoms with van der Waals surface area (Å²) in [6, 6.07) is 6.33. The minimum atomic E-state index is -0.854. The van der Waals surface area contributed by atoms with Crippen LogP contribution in [0.1, 0.15) is 41.1 Å². The van der Waals surface area contributed by atoms with Crippen LogP contribution in [0.2, 0.25) is 0 Å². The third kappa shape index (κ3) is 4.28. The number of benzene rings is 1. The van der Waals surface area contributed by atoms with E-state index in [9.17, 15) is 14.7 Å². The summed E-state index contributed by atoms with van der Waals surface area (Å²) >= 11 is 0. The molecule has 2 atom stereocenters. The van der Waals surface area contributed by atoms with Gasteiger partial charge < -0.3 is 10.0 Å². The molecular formula is C19H24N4O3. The molecule has 0 radical (unpaired) electrons. The van der Waals surface area contributed by atoms with Gasteiger partial charge in [-0.15, -0.1) is 0 Å². The minimum absolute atomic E-state index is 0.0262. The lowest BCUT2D eigenvalue weighted by Gasteiger charge is -2.16. The maximum absolute atomic E-state index is 12.7. The van der Waals surface area contributed by atoms with Gasteiger partial charge in [-0.05, 0) is 31.7 Å². The molecule has 3 rings (SSSR count). The van der Waals surface area contributed by atoms with Crippen LogP contribution in [0.4, 0.5) is 0 Å². The van der Waals surface area contributed by atoms with E-state index < -0.39 is 5.97 Å². The predicted octanol–water partition coefficient (Wildman–Crippen LogP) is 2.07. The number of carbonyl (C=O) groups is 2. The van der Waals surface area contributed by atoms with Crippen molar-refractivity contribution in [3.63, 3.8) is 0 Å². The standard InChI is InChI=1S/C19H24N4O3/c1-12-5-13(2)7-14(6-12)3-4-18(24)23-10-15(8-19(25)26)16(11-23)17-9-20-22-21-17/h5-7,9,15-16H,3-4,8,10-11H2,1-2H3,(H,25,26)(H,20,21,22)/t15-,16+/m1/s1. The highest BCUT2D eigenvalue weighted by Crippen LogP contribution is 2.34. The van der Waals surface area contributed by atoms with Crippen LogP contribution >= 0.6 is 0 Å². The third-order valence-corrected chi connectivity index (χ3v) is 4.95. The molecule has 2 N–H and O–H groups in total. The number of carboxylic acid groups (broad SMARTS) is 1. The first-order chi connectivity index (χ1) is 12.4. The Morgan fingerprint density at radius 1 is 1.23 bits per heavy atom. The van der Waals surface area contributed by atoms with Gasteiger partial charge in [0.15, 0.2) is 0 Å². The van der Waals surface area contributed by atoms with Crippen LogP contribution in [0.5, 0.6) is 0 Å². The van der Waals surface area contributed by atoms with E-state index in [0.29, 0.717) is 25.9 Å². The number of nitrogens with zero attached hydrogens (tertiary/aromatic N) is 3. The highest BCUT2D eigenvalue weighted by Gasteiger charge is 2.38. The highest BCUT2D eigenvalue weighted by atomic mass is 16.4. The van der Waals surface area contributed by atoms with Gasteiger partial charge in [0.25, 0.3) is 0 Å². The number of nitrogens with one attached hydrogen (secondary N) is 1. The summed E-state index contributed by atoms with van der Waals surface area (Å²) in [5.74, 6) is -1.02. The van der Waals surface area contributed by atoms with Crippen LogP contribution in [0.3, 0.4) is 0 Å².